The fourth-order valence-corrected chi connectivity index (χ4v) is 5.02. The average Bonchev–Trinajstić information content (AvgIpc) is 3.36. The second-order valence-corrected chi connectivity index (χ2v) is 9.39. The number of hydrogen-bond donors (Lipinski definition) is 0. The van der Waals surface area contributed by atoms with Crippen LogP contribution in [0.4, 0.5) is 0 Å². The summed E-state index contributed by atoms with van der Waals surface area (Å²) >= 11 is 0. The van der Waals surface area contributed by atoms with Gasteiger partial charge in [-0.2, -0.15) is 4.31 Å². The van der Waals surface area contributed by atoms with Crippen molar-refractivity contribution in [3.05, 3.63) is 29.3 Å². The first kappa shape index (κ1) is 19.8. The number of rotatable bonds is 5. The van der Waals surface area contributed by atoms with Crippen LogP contribution < -0.4 is 0 Å². The van der Waals surface area contributed by atoms with Crippen molar-refractivity contribution in [2.45, 2.75) is 32.1 Å². The van der Waals surface area contributed by atoms with Crippen molar-refractivity contribution in [3.8, 4) is 0 Å². The van der Waals surface area contributed by atoms with Crippen LogP contribution in [0.25, 0.3) is 0 Å². The molecule has 2 unspecified atom stereocenters. The first-order chi connectivity index (χ1) is 12.7. The van der Waals surface area contributed by atoms with E-state index in [1.807, 2.05) is 19.9 Å². The van der Waals surface area contributed by atoms with Crippen LogP contribution in [0.1, 0.15) is 24.5 Å². The molecule has 0 bridgehead atoms. The Balaban J connectivity index is 1.54. The molecule has 3 rings (SSSR count). The van der Waals surface area contributed by atoms with Gasteiger partial charge in [0.25, 0.3) is 5.91 Å². The van der Waals surface area contributed by atoms with E-state index in [0.29, 0.717) is 23.9 Å². The minimum atomic E-state index is -3.58. The van der Waals surface area contributed by atoms with Crippen LogP contribution in [0.2, 0.25) is 0 Å². The lowest BCUT2D eigenvalue weighted by atomic mass is 10.2. The van der Waals surface area contributed by atoms with Crippen molar-refractivity contribution in [3.63, 3.8) is 0 Å². The van der Waals surface area contributed by atoms with Crippen LogP contribution >= 0.6 is 0 Å². The number of amides is 1. The average molecular weight is 394 g/mol. The van der Waals surface area contributed by atoms with Gasteiger partial charge in [-0.05, 0) is 37.8 Å². The SMILES string of the molecule is Cc1ccc(S(=O)(=O)N2CCN(C(=O)COC(=O)C3CC3C)CC2)c(C)c1. The van der Waals surface area contributed by atoms with Crippen molar-refractivity contribution >= 4 is 21.9 Å². The van der Waals surface area contributed by atoms with Gasteiger partial charge in [-0.15, -0.1) is 0 Å². The fraction of sp³-hybridized carbons (Fsp3) is 0.579. The Morgan fingerprint density at radius 1 is 1.15 bits per heavy atom. The van der Waals surface area contributed by atoms with Crippen LogP contribution in [-0.2, 0) is 24.3 Å². The monoisotopic (exact) mass is 394 g/mol. The fourth-order valence-electron chi connectivity index (χ4n) is 3.39. The number of sulfonamides is 1. The zero-order valence-electron chi connectivity index (χ0n) is 16.0. The summed E-state index contributed by atoms with van der Waals surface area (Å²) in [5, 5.41) is 0. The highest BCUT2D eigenvalue weighted by atomic mass is 32.2. The second-order valence-electron chi connectivity index (χ2n) is 7.48. The van der Waals surface area contributed by atoms with E-state index in [1.165, 1.54) is 4.31 Å². The van der Waals surface area contributed by atoms with Crippen molar-refractivity contribution in [1.29, 1.82) is 0 Å². The number of carbonyl (C=O) groups is 2. The van der Waals surface area contributed by atoms with E-state index >= 15 is 0 Å². The van der Waals surface area contributed by atoms with Gasteiger partial charge in [-0.25, -0.2) is 8.42 Å². The van der Waals surface area contributed by atoms with Gasteiger partial charge in [0.1, 0.15) is 0 Å². The maximum atomic E-state index is 12.9. The third-order valence-corrected chi connectivity index (χ3v) is 7.35. The Hall–Kier alpha value is -1.93. The van der Waals surface area contributed by atoms with Crippen molar-refractivity contribution in [2.24, 2.45) is 11.8 Å². The van der Waals surface area contributed by atoms with E-state index in [-0.39, 0.29) is 37.5 Å². The van der Waals surface area contributed by atoms with E-state index in [9.17, 15) is 18.0 Å². The summed E-state index contributed by atoms with van der Waals surface area (Å²) in [5.74, 6) is -0.323. The smallest absolute Gasteiger partial charge is 0.309 e. The molecule has 2 aliphatic rings. The topological polar surface area (TPSA) is 84.0 Å². The van der Waals surface area contributed by atoms with Crippen LogP contribution in [-0.4, -0.2) is 62.3 Å². The summed E-state index contributed by atoms with van der Waals surface area (Å²) in [6.45, 7) is 6.46. The van der Waals surface area contributed by atoms with Gasteiger partial charge in [0.05, 0.1) is 10.8 Å². The van der Waals surface area contributed by atoms with E-state index in [4.69, 9.17) is 4.74 Å². The van der Waals surface area contributed by atoms with Gasteiger partial charge >= 0.3 is 5.97 Å². The first-order valence-electron chi connectivity index (χ1n) is 9.22. The standard InChI is InChI=1S/C19H26N2O5S/c1-13-4-5-17(15(3)10-13)27(24,25)21-8-6-20(7-9-21)18(22)12-26-19(23)16-11-14(16)2/h4-5,10,14,16H,6-9,11-12H2,1-3H3. The lowest BCUT2D eigenvalue weighted by Crippen LogP contribution is -2.51. The largest absolute Gasteiger partial charge is 0.455 e. The molecule has 1 aromatic rings. The molecule has 8 heteroatoms. The number of aryl methyl sites for hydroxylation is 2. The molecule has 0 N–H and O–H groups in total. The van der Waals surface area contributed by atoms with E-state index in [2.05, 4.69) is 0 Å². The highest BCUT2D eigenvalue weighted by Crippen LogP contribution is 2.38. The first-order valence-corrected chi connectivity index (χ1v) is 10.7. The molecule has 2 atom stereocenters. The normalized spacial score (nSPS) is 23.1. The van der Waals surface area contributed by atoms with Crippen LogP contribution in [0.3, 0.4) is 0 Å². The maximum Gasteiger partial charge on any atom is 0.309 e. The number of ether oxygens (including phenoxy) is 1. The van der Waals surface area contributed by atoms with Crippen LogP contribution in [0.5, 0.6) is 0 Å². The Labute approximate surface area is 160 Å². The molecule has 1 aromatic carbocycles. The molecule has 1 saturated heterocycles. The lowest BCUT2D eigenvalue weighted by Gasteiger charge is -2.34. The van der Waals surface area contributed by atoms with Gasteiger partial charge in [0, 0.05) is 26.2 Å². The quantitative estimate of drug-likeness (QED) is 0.704. The van der Waals surface area contributed by atoms with Crippen LogP contribution in [0.15, 0.2) is 23.1 Å². The molecule has 7 nitrogen and oxygen atoms in total. The number of carbonyl (C=O) groups excluding carboxylic acids is 2. The Kier molecular flexibility index (Phi) is 5.58. The van der Waals surface area contributed by atoms with Gasteiger partial charge in [0.2, 0.25) is 10.0 Å². The number of piperazine rings is 1. The molecular formula is C19H26N2O5S. The number of hydrogen-bond acceptors (Lipinski definition) is 5. The lowest BCUT2D eigenvalue weighted by molar-refractivity contribution is -0.153. The molecule has 1 aliphatic heterocycles. The number of benzene rings is 1. The molecule has 0 aromatic heterocycles. The summed E-state index contributed by atoms with van der Waals surface area (Å²) in [7, 11) is -3.58. The minimum Gasteiger partial charge on any atom is -0.455 e. The van der Waals surface area contributed by atoms with Crippen molar-refractivity contribution in [2.75, 3.05) is 32.8 Å². The molecule has 0 spiro atoms. The van der Waals surface area contributed by atoms with Gasteiger partial charge < -0.3 is 9.64 Å². The van der Waals surface area contributed by atoms with E-state index < -0.39 is 10.0 Å². The zero-order valence-corrected chi connectivity index (χ0v) is 16.8. The molecule has 1 saturated carbocycles. The molecule has 1 amide bonds. The Morgan fingerprint density at radius 3 is 2.33 bits per heavy atom. The summed E-state index contributed by atoms with van der Waals surface area (Å²) in [6.07, 6.45) is 0.821. The molecule has 2 fully saturated rings. The predicted molar refractivity (Wildman–Crippen MR) is 99.5 cm³/mol. The van der Waals surface area contributed by atoms with Crippen LogP contribution in [0, 0.1) is 25.7 Å². The Bertz CT molecular complexity index is 844. The molecule has 148 valence electrons. The maximum absolute atomic E-state index is 12.9. The summed E-state index contributed by atoms with van der Waals surface area (Å²) in [6, 6.07) is 5.27. The predicted octanol–water partition coefficient (Wildman–Crippen LogP) is 1.34. The minimum absolute atomic E-state index is 0.0717. The highest BCUT2D eigenvalue weighted by Gasteiger charge is 2.41. The van der Waals surface area contributed by atoms with E-state index in [0.717, 1.165) is 17.5 Å². The summed E-state index contributed by atoms with van der Waals surface area (Å²) in [5.41, 5.74) is 1.73. The number of esters is 1. The molecule has 0 radical (unpaired) electrons. The third kappa shape index (κ3) is 4.32. The third-order valence-electron chi connectivity index (χ3n) is 5.29. The molecule has 27 heavy (non-hydrogen) atoms. The summed E-state index contributed by atoms with van der Waals surface area (Å²) in [4.78, 5) is 25.8. The molecule has 1 aliphatic carbocycles. The van der Waals surface area contributed by atoms with E-state index in [1.54, 1.807) is 24.0 Å². The van der Waals surface area contributed by atoms with Crippen molar-refractivity contribution < 1.29 is 22.7 Å². The van der Waals surface area contributed by atoms with Gasteiger partial charge in [-0.3, -0.25) is 9.59 Å². The molecule has 1 heterocycles. The summed E-state index contributed by atoms with van der Waals surface area (Å²) < 4.78 is 32.2. The van der Waals surface area contributed by atoms with Gasteiger partial charge in [0.15, 0.2) is 6.61 Å². The second kappa shape index (κ2) is 7.59. The Morgan fingerprint density at radius 2 is 1.78 bits per heavy atom. The highest BCUT2D eigenvalue weighted by molar-refractivity contribution is 7.89. The number of nitrogens with zero attached hydrogens (tertiary/aromatic N) is 2. The van der Waals surface area contributed by atoms with Gasteiger partial charge in [-0.1, -0.05) is 24.6 Å². The zero-order chi connectivity index (χ0) is 19.8. The molecular weight excluding hydrogens is 368 g/mol. The van der Waals surface area contributed by atoms with Crippen molar-refractivity contribution in [1.82, 2.24) is 9.21 Å².